The molecule has 1 saturated carbocycles. The minimum atomic E-state index is -1.29. The van der Waals surface area contributed by atoms with Crippen LogP contribution < -0.4 is 9.47 Å². The third kappa shape index (κ3) is 3.81. The zero-order chi connectivity index (χ0) is 18.2. The van der Waals surface area contributed by atoms with E-state index in [0.717, 1.165) is 12.8 Å². The number of methoxy groups -OCH3 is 1. The topological polar surface area (TPSA) is 88.1 Å². The van der Waals surface area contributed by atoms with Crippen molar-refractivity contribution >= 4 is 24.0 Å². The molecule has 132 valence electrons. The largest absolute Gasteiger partial charge is 0.493 e. The second-order valence-electron chi connectivity index (χ2n) is 6.34. The van der Waals surface area contributed by atoms with E-state index in [1.165, 1.54) is 27.0 Å². The molecule has 1 aliphatic carbocycles. The van der Waals surface area contributed by atoms with Gasteiger partial charge in [0, 0.05) is 13.8 Å². The average Bonchev–Trinajstić information content (AvgIpc) is 3.36. The van der Waals surface area contributed by atoms with E-state index >= 15 is 0 Å². The van der Waals surface area contributed by atoms with E-state index in [2.05, 4.69) is 0 Å². The summed E-state index contributed by atoms with van der Waals surface area (Å²) in [7, 11) is 1.44. The number of carbonyl (C=O) groups is 3. The molecular weight excluding hydrogens is 328 g/mol. The van der Waals surface area contributed by atoms with Crippen LogP contribution in [0.3, 0.4) is 0 Å². The van der Waals surface area contributed by atoms with Crippen LogP contribution >= 0.6 is 0 Å². The van der Waals surface area contributed by atoms with Crippen molar-refractivity contribution in [2.75, 3.05) is 7.11 Å². The Morgan fingerprint density at radius 3 is 2.36 bits per heavy atom. The van der Waals surface area contributed by atoms with Crippen LogP contribution in [-0.2, 0) is 23.9 Å². The molecule has 7 heteroatoms. The fourth-order valence-corrected chi connectivity index (χ4v) is 2.31. The fraction of sp³-hybridized carbons (Fsp3) is 0.389. The van der Waals surface area contributed by atoms with Crippen molar-refractivity contribution in [1.82, 2.24) is 0 Å². The monoisotopic (exact) mass is 346 g/mol. The molecule has 0 amide bonds. The standard InChI is InChI=1S/C18H18O7/c1-18(2)24-16(20)12(17(21)25-18)8-10-4-7-13(14(9-10)22-3)23-15(19)11-5-6-11/h4,7-9,11H,5-6H2,1-3H3. The summed E-state index contributed by atoms with van der Waals surface area (Å²) in [5, 5.41) is 0. The van der Waals surface area contributed by atoms with Gasteiger partial charge >= 0.3 is 17.9 Å². The molecule has 7 nitrogen and oxygen atoms in total. The van der Waals surface area contributed by atoms with Gasteiger partial charge < -0.3 is 18.9 Å². The van der Waals surface area contributed by atoms with Gasteiger partial charge in [0.2, 0.25) is 0 Å². The van der Waals surface area contributed by atoms with Crippen LogP contribution in [0.5, 0.6) is 11.5 Å². The quantitative estimate of drug-likeness (QED) is 0.357. The third-order valence-electron chi connectivity index (χ3n) is 3.74. The number of benzene rings is 1. The molecule has 2 aliphatic rings. The number of cyclic esters (lactones) is 2. The SMILES string of the molecule is COc1cc(C=C2C(=O)OC(C)(C)OC2=O)ccc1OC(=O)C1CC1. The first-order valence-corrected chi connectivity index (χ1v) is 7.87. The lowest BCUT2D eigenvalue weighted by molar-refractivity contribution is -0.222. The van der Waals surface area contributed by atoms with Gasteiger partial charge in [0.1, 0.15) is 5.57 Å². The van der Waals surface area contributed by atoms with Crippen LogP contribution in [0.25, 0.3) is 6.08 Å². The zero-order valence-corrected chi connectivity index (χ0v) is 14.2. The highest BCUT2D eigenvalue weighted by atomic mass is 16.7. The van der Waals surface area contributed by atoms with E-state index in [0.29, 0.717) is 11.3 Å². The minimum Gasteiger partial charge on any atom is -0.493 e. The van der Waals surface area contributed by atoms with Crippen molar-refractivity contribution in [2.24, 2.45) is 5.92 Å². The van der Waals surface area contributed by atoms with Crippen molar-refractivity contribution in [3.05, 3.63) is 29.3 Å². The summed E-state index contributed by atoms with van der Waals surface area (Å²) < 4.78 is 20.6. The maximum Gasteiger partial charge on any atom is 0.348 e. The number of hydrogen-bond donors (Lipinski definition) is 0. The number of ether oxygens (including phenoxy) is 4. The van der Waals surface area contributed by atoms with E-state index in [1.807, 2.05) is 0 Å². The lowest BCUT2D eigenvalue weighted by atomic mass is 10.1. The predicted octanol–water partition coefficient (Wildman–Crippen LogP) is 2.23. The molecule has 25 heavy (non-hydrogen) atoms. The lowest BCUT2D eigenvalue weighted by Crippen LogP contribution is -2.41. The predicted molar refractivity (Wildman–Crippen MR) is 85.6 cm³/mol. The van der Waals surface area contributed by atoms with Crippen molar-refractivity contribution in [1.29, 1.82) is 0 Å². The minimum absolute atomic E-state index is 0.0402. The molecule has 1 aromatic rings. The Balaban J connectivity index is 1.84. The molecular formula is C18H18O7. The molecule has 2 fully saturated rings. The number of hydrogen-bond acceptors (Lipinski definition) is 7. The Kier molecular flexibility index (Phi) is 4.24. The molecule has 1 heterocycles. The van der Waals surface area contributed by atoms with Crippen molar-refractivity contribution in [3.63, 3.8) is 0 Å². The summed E-state index contributed by atoms with van der Waals surface area (Å²) >= 11 is 0. The fourth-order valence-electron chi connectivity index (χ4n) is 2.31. The smallest absolute Gasteiger partial charge is 0.348 e. The molecule has 0 bridgehead atoms. The summed E-state index contributed by atoms with van der Waals surface area (Å²) in [5.74, 6) is -2.52. The normalized spacial score (nSPS) is 18.9. The van der Waals surface area contributed by atoms with Gasteiger partial charge in [-0.25, -0.2) is 9.59 Å². The first kappa shape index (κ1) is 17.0. The second kappa shape index (κ2) is 6.23. The maximum absolute atomic E-state index is 12.0. The zero-order valence-electron chi connectivity index (χ0n) is 14.2. The Morgan fingerprint density at radius 1 is 1.16 bits per heavy atom. The molecule has 0 aromatic heterocycles. The van der Waals surface area contributed by atoms with Gasteiger partial charge in [-0.1, -0.05) is 6.07 Å². The van der Waals surface area contributed by atoms with Gasteiger partial charge in [-0.05, 0) is 36.6 Å². The van der Waals surface area contributed by atoms with Gasteiger partial charge in [-0.2, -0.15) is 0 Å². The molecule has 1 aromatic carbocycles. The molecule has 0 radical (unpaired) electrons. The van der Waals surface area contributed by atoms with Crippen LogP contribution in [-0.4, -0.2) is 30.8 Å². The summed E-state index contributed by atoms with van der Waals surface area (Å²) in [5.41, 5.74) is 0.288. The summed E-state index contributed by atoms with van der Waals surface area (Å²) in [6.45, 7) is 2.96. The van der Waals surface area contributed by atoms with Crippen molar-refractivity contribution < 1.29 is 33.3 Å². The first-order chi connectivity index (χ1) is 11.8. The van der Waals surface area contributed by atoms with Crippen LogP contribution in [0.1, 0.15) is 32.3 Å². The highest BCUT2D eigenvalue weighted by Crippen LogP contribution is 2.35. The van der Waals surface area contributed by atoms with Crippen LogP contribution in [0.4, 0.5) is 0 Å². The number of esters is 3. The summed E-state index contributed by atoms with van der Waals surface area (Å²) in [6, 6.07) is 4.71. The Morgan fingerprint density at radius 2 is 1.80 bits per heavy atom. The van der Waals surface area contributed by atoms with Gasteiger partial charge in [-0.15, -0.1) is 0 Å². The Labute approximate surface area is 144 Å². The lowest BCUT2D eigenvalue weighted by Gasteiger charge is -2.29. The Bertz CT molecular complexity index is 750. The van der Waals surface area contributed by atoms with Crippen LogP contribution in [0.2, 0.25) is 0 Å². The van der Waals surface area contributed by atoms with Crippen LogP contribution in [0.15, 0.2) is 23.8 Å². The second-order valence-corrected chi connectivity index (χ2v) is 6.34. The third-order valence-corrected chi connectivity index (χ3v) is 3.74. The molecule has 0 unspecified atom stereocenters. The first-order valence-electron chi connectivity index (χ1n) is 7.87. The maximum atomic E-state index is 12.0. The van der Waals surface area contributed by atoms with E-state index < -0.39 is 17.7 Å². The number of carbonyl (C=O) groups excluding carboxylic acids is 3. The summed E-state index contributed by atoms with van der Waals surface area (Å²) in [6.07, 6.45) is 3.02. The average molecular weight is 346 g/mol. The molecule has 1 aliphatic heterocycles. The summed E-state index contributed by atoms with van der Waals surface area (Å²) in [4.78, 5) is 35.7. The van der Waals surface area contributed by atoms with Crippen molar-refractivity contribution in [2.45, 2.75) is 32.5 Å². The van der Waals surface area contributed by atoms with E-state index in [-0.39, 0.29) is 23.2 Å². The van der Waals surface area contributed by atoms with Gasteiger partial charge in [0.25, 0.3) is 5.79 Å². The van der Waals surface area contributed by atoms with Crippen molar-refractivity contribution in [3.8, 4) is 11.5 Å². The molecule has 3 rings (SSSR count). The molecule has 0 spiro atoms. The van der Waals surface area contributed by atoms with Gasteiger partial charge in [-0.3, -0.25) is 4.79 Å². The van der Waals surface area contributed by atoms with E-state index in [9.17, 15) is 14.4 Å². The van der Waals surface area contributed by atoms with Gasteiger partial charge in [0.05, 0.1) is 13.0 Å². The van der Waals surface area contributed by atoms with E-state index in [1.54, 1.807) is 18.2 Å². The highest BCUT2D eigenvalue weighted by Gasteiger charge is 2.39. The van der Waals surface area contributed by atoms with Crippen LogP contribution in [0, 0.1) is 5.92 Å². The molecule has 0 atom stereocenters. The number of rotatable bonds is 4. The molecule has 1 saturated heterocycles. The highest BCUT2D eigenvalue weighted by molar-refractivity contribution is 6.18. The van der Waals surface area contributed by atoms with Gasteiger partial charge in [0.15, 0.2) is 11.5 Å². The molecule has 0 N–H and O–H groups in total. The van der Waals surface area contributed by atoms with E-state index in [4.69, 9.17) is 18.9 Å². The Hall–Kier alpha value is -2.83.